The van der Waals surface area contributed by atoms with Crippen molar-refractivity contribution in [2.75, 3.05) is 18.0 Å². The highest BCUT2D eigenvalue weighted by atomic mass is 16.1. The first-order valence-corrected chi connectivity index (χ1v) is 11.1. The number of hydrogen-bond donors (Lipinski definition) is 1. The van der Waals surface area contributed by atoms with Gasteiger partial charge in [0.25, 0.3) is 0 Å². The first kappa shape index (κ1) is 19.0. The fraction of sp³-hybridized carbons (Fsp3) is 0.478. The maximum atomic E-state index is 12.6. The number of piperidine rings is 1. The molecule has 7 heteroatoms. The van der Waals surface area contributed by atoms with Crippen molar-refractivity contribution in [2.45, 2.75) is 51.0 Å². The molecule has 1 aliphatic carbocycles. The van der Waals surface area contributed by atoms with E-state index in [-0.39, 0.29) is 17.9 Å². The van der Waals surface area contributed by atoms with Crippen molar-refractivity contribution >= 4 is 22.8 Å². The third kappa shape index (κ3) is 3.76. The average Bonchev–Trinajstić information content (AvgIpc) is 3.25. The molecule has 1 aliphatic heterocycles. The van der Waals surface area contributed by atoms with Gasteiger partial charge in [-0.2, -0.15) is 5.10 Å². The molecule has 1 saturated heterocycles. The molecule has 0 atom stereocenters. The van der Waals surface area contributed by atoms with Crippen LogP contribution < -0.4 is 10.2 Å². The van der Waals surface area contributed by atoms with Gasteiger partial charge in [0.05, 0.1) is 17.3 Å². The van der Waals surface area contributed by atoms with Gasteiger partial charge in [-0.25, -0.2) is 14.6 Å². The first-order chi connectivity index (χ1) is 14.8. The van der Waals surface area contributed by atoms with E-state index >= 15 is 0 Å². The fourth-order valence-electron chi connectivity index (χ4n) is 4.76. The Labute approximate surface area is 176 Å². The van der Waals surface area contributed by atoms with Gasteiger partial charge in [0.2, 0.25) is 5.91 Å². The van der Waals surface area contributed by atoms with Gasteiger partial charge in [0, 0.05) is 25.0 Å². The molecule has 2 aromatic heterocycles. The largest absolute Gasteiger partial charge is 0.356 e. The molecule has 156 valence electrons. The van der Waals surface area contributed by atoms with Gasteiger partial charge in [-0.15, -0.1) is 0 Å². The van der Waals surface area contributed by atoms with Crippen LogP contribution in [0.15, 0.2) is 42.9 Å². The van der Waals surface area contributed by atoms with E-state index in [1.54, 1.807) is 6.33 Å². The summed E-state index contributed by atoms with van der Waals surface area (Å²) in [5.74, 6) is 1.42. The Morgan fingerprint density at radius 1 is 0.967 bits per heavy atom. The molecule has 1 amide bonds. The summed E-state index contributed by atoms with van der Waals surface area (Å²) in [4.78, 5) is 23.9. The van der Waals surface area contributed by atoms with E-state index in [2.05, 4.69) is 25.3 Å². The number of nitrogens with one attached hydrogen (secondary N) is 1. The molecule has 1 N–H and O–H groups in total. The van der Waals surface area contributed by atoms with Gasteiger partial charge < -0.3 is 10.2 Å². The van der Waals surface area contributed by atoms with E-state index in [4.69, 9.17) is 0 Å². The number of para-hydroxylation sites is 1. The summed E-state index contributed by atoms with van der Waals surface area (Å²) in [7, 11) is 0. The lowest BCUT2D eigenvalue weighted by Gasteiger charge is -2.34. The molecule has 0 radical (unpaired) electrons. The minimum atomic E-state index is 0.224. The van der Waals surface area contributed by atoms with Gasteiger partial charge >= 0.3 is 0 Å². The van der Waals surface area contributed by atoms with Crippen LogP contribution in [-0.2, 0) is 4.79 Å². The highest BCUT2D eigenvalue weighted by Gasteiger charge is 2.27. The van der Waals surface area contributed by atoms with Gasteiger partial charge in [-0.1, -0.05) is 37.5 Å². The molecule has 7 nitrogen and oxygen atoms in total. The molecule has 3 aromatic rings. The van der Waals surface area contributed by atoms with Crippen molar-refractivity contribution in [1.82, 2.24) is 25.1 Å². The summed E-state index contributed by atoms with van der Waals surface area (Å²) >= 11 is 0. The van der Waals surface area contributed by atoms with Crippen molar-refractivity contribution in [3.05, 3.63) is 42.9 Å². The predicted molar refractivity (Wildman–Crippen MR) is 117 cm³/mol. The van der Waals surface area contributed by atoms with Crippen LogP contribution >= 0.6 is 0 Å². The number of benzene rings is 1. The lowest BCUT2D eigenvalue weighted by Crippen LogP contribution is -2.46. The van der Waals surface area contributed by atoms with Crippen LogP contribution in [0.25, 0.3) is 16.7 Å². The van der Waals surface area contributed by atoms with Crippen molar-refractivity contribution in [3.8, 4) is 5.69 Å². The number of carbonyl (C=O) groups excluding carboxylic acids is 1. The molecule has 1 aromatic carbocycles. The van der Waals surface area contributed by atoms with E-state index < -0.39 is 0 Å². The van der Waals surface area contributed by atoms with Crippen LogP contribution in [0.3, 0.4) is 0 Å². The summed E-state index contributed by atoms with van der Waals surface area (Å²) in [6.45, 7) is 1.75. The van der Waals surface area contributed by atoms with Crippen LogP contribution in [0.4, 0.5) is 5.82 Å². The third-order valence-electron chi connectivity index (χ3n) is 6.46. The molecular weight excluding hydrogens is 376 g/mol. The monoisotopic (exact) mass is 404 g/mol. The van der Waals surface area contributed by atoms with Crippen LogP contribution in [0.1, 0.15) is 44.9 Å². The van der Waals surface area contributed by atoms with Gasteiger partial charge in [0.1, 0.15) is 12.1 Å². The van der Waals surface area contributed by atoms with Crippen LogP contribution in [0.2, 0.25) is 0 Å². The van der Waals surface area contributed by atoms with Crippen molar-refractivity contribution in [3.63, 3.8) is 0 Å². The van der Waals surface area contributed by atoms with Crippen LogP contribution in [-0.4, -0.2) is 44.8 Å². The second-order valence-electron chi connectivity index (χ2n) is 8.43. The summed E-state index contributed by atoms with van der Waals surface area (Å²) in [5.41, 5.74) is 1.81. The highest BCUT2D eigenvalue weighted by Crippen LogP contribution is 2.28. The molecule has 2 fully saturated rings. The Hall–Kier alpha value is -2.96. The van der Waals surface area contributed by atoms with Crippen LogP contribution in [0.5, 0.6) is 0 Å². The number of carbonyl (C=O) groups is 1. The minimum Gasteiger partial charge on any atom is -0.356 e. The maximum Gasteiger partial charge on any atom is 0.223 e. The topological polar surface area (TPSA) is 75.9 Å². The van der Waals surface area contributed by atoms with Gasteiger partial charge in [-0.3, -0.25) is 4.79 Å². The highest BCUT2D eigenvalue weighted by molar-refractivity contribution is 5.87. The van der Waals surface area contributed by atoms with E-state index in [0.29, 0.717) is 0 Å². The fourth-order valence-corrected chi connectivity index (χ4v) is 4.76. The minimum absolute atomic E-state index is 0.224. The molecule has 0 unspecified atom stereocenters. The summed E-state index contributed by atoms with van der Waals surface area (Å²) in [6, 6.07) is 10.3. The second-order valence-corrected chi connectivity index (χ2v) is 8.43. The van der Waals surface area contributed by atoms with Crippen molar-refractivity contribution in [2.24, 2.45) is 5.92 Å². The molecule has 30 heavy (non-hydrogen) atoms. The van der Waals surface area contributed by atoms with Crippen molar-refractivity contribution in [1.29, 1.82) is 0 Å². The van der Waals surface area contributed by atoms with Gasteiger partial charge in [0.15, 0.2) is 5.65 Å². The number of anilines is 1. The Bertz CT molecular complexity index is 1000. The molecule has 5 rings (SSSR count). The third-order valence-corrected chi connectivity index (χ3v) is 6.46. The van der Waals surface area contributed by atoms with E-state index in [0.717, 1.165) is 61.3 Å². The summed E-state index contributed by atoms with van der Waals surface area (Å²) in [6.07, 6.45) is 11.1. The molecule has 0 spiro atoms. The number of rotatable bonds is 4. The normalized spacial score (nSPS) is 18.6. The summed E-state index contributed by atoms with van der Waals surface area (Å²) in [5, 5.41) is 8.83. The predicted octanol–water partition coefficient (Wildman–Crippen LogP) is 3.48. The molecule has 2 aliphatic rings. The van der Waals surface area contributed by atoms with E-state index in [1.165, 1.54) is 19.3 Å². The Morgan fingerprint density at radius 3 is 2.50 bits per heavy atom. The molecular formula is C23H28N6O. The Morgan fingerprint density at radius 2 is 1.73 bits per heavy atom. The smallest absolute Gasteiger partial charge is 0.223 e. The zero-order valence-electron chi connectivity index (χ0n) is 17.2. The maximum absolute atomic E-state index is 12.6. The lowest BCUT2D eigenvalue weighted by molar-refractivity contribution is -0.126. The van der Waals surface area contributed by atoms with E-state index in [1.807, 2.05) is 41.2 Å². The summed E-state index contributed by atoms with van der Waals surface area (Å²) < 4.78 is 1.86. The average molecular weight is 405 g/mol. The first-order valence-electron chi connectivity index (χ1n) is 11.1. The molecule has 3 heterocycles. The second kappa shape index (κ2) is 8.42. The Kier molecular flexibility index (Phi) is 5.34. The number of hydrogen-bond acceptors (Lipinski definition) is 5. The SMILES string of the molecule is O=C(NC1CCN(c2ncnc3c2cnn3-c2ccccc2)CC1)C1CCCCC1. The number of amides is 1. The quantitative estimate of drug-likeness (QED) is 0.720. The number of fused-ring (bicyclic) bond motifs is 1. The number of aromatic nitrogens is 4. The Balaban J connectivity index is 1.27. The zero-order valence-corrected chi connectivity index (χ0v) is 17.2. The lowest BCUT2D eigenvalue weighted by atomic mass is 9.88. The standard InChI is InChI=1S/C23H28N6O/c30-23(17-7-3-1-4-8-17)27-18-11-13-28(14-12-18)21-20-15-26-29(22(20)25-16-24-21)19-9-5-2-6-10-19/h2,5-6,9-10,15-18H,1,3-4,7-8,11-14H2,(H,27,30). The molecule has 1 saturated carbocycles. The van der Waals surface area contributed by atoms with E-state index in [9.17, 15) is 4.79 Å². The van der Waals surface area contributed by atoms with Crippen LogP contribution in [0, 0.1) is 5.92 Å². The van der Waals surface area contributed by atoms with Gasteiger partial charge in [-0.05, 0) is 37.8 Å². The van der Waals surface area contributed by atoms with Crippen molar-refractivity contribution < 1.29 is 4.79 Å². The zero-order chi connectivity index (χ0) is 20.3. The number of nitrogens with zero attached hydrogens (tertiary/aromatic N) is 5. The molecule has 0 bridgehead atoms.